The Bertz CT molecular complexity index is 443. The fourth-order valence-corrected chi connectivity index (χ4v) is 2.30. The number of carboxylic acids is 1. The summed E-state index contributed by atoms with van der Waals surface area (Å²) < 4.78 is 11.3. The fraction of sp³-hybridized carbons (Fsp3) is 0.533. The lowest BCUT2D eigenvalue weighted by molar-refractivity contribution is -0.137. The zero-order valence-corrected chi connectivity index (χ0v) is 11.5. The van der Waals surface area contributed by atoms with Gasteiger partial charge in [0.15, 0.2) is 0 Å². The maximum atomic E-state index is 10.6. The summed E-state index contributed by atoms with van der Waals surface area (Å²) in [5.41, 5.74) is 6.96. The molecule has 0 bridgehead atoms. The number of hydrogen-bond acceptors (Lipinski definition) is 4. The molecule has 0 aliphatic carbocycles. The number of carboxylic acid groups (broad SMARTS) is 1. The van der Waals surface area contributed by atoms with Crippen LogP contribution in [0.1, 0.15) is 37.3 Å². The molecule has 1 unspecified atom stereocenters. The first-order valence-electron chi connectivity index (χ1n) is 6.97. The molecular weight excluding hydrogens is 258 g/mol. The first-order valence-corrected chi connectivity index (χ1v) is 6.97. The molecule has 0 saturated carbocycles. The van der Waals surface area contributed by atoms with E-state index in [0.717, 1.165) is 37.4 Å². The van der Waals surface area contributed by atoms with Gasteiger partial charge in [0.2, 0.25) is 0 Å². The molecule has 0 amide bonds. The quantitative estimate of drug-likeness (QED) is 0.833. The molecular formula is C15H21NO4. The third kappa shape index (κ3) is 4.21. The van der Waals surface area contributed by atoms with E-state index in [1.807, 2.05) is 24.3 Å². The molecule has 1 aromatic carbocycles. The minimum absolute atomic E-state index is 0.0623. The van der Waals surface area contributed by atoms with E-state index in [4.69, 9.17) is 20.3 Å². The van der Waals surface area contributed by atoms with Crippen molar-refractivity contribution in [3.8, 4) is 5.75 Å². The molecule has 1 aromatic rings. The molecule has 5 nitrogen and oxygen atoms in total. The minimum Gasteiger partial charge on any atom is -0.490 e. The Morgan fingerprint density at radius 2 is 2.10 bits per heavy atom. The SMILES string of the molecule is NC(CCC(=O)O)c1ccccc1OC1CCOCC1. The van der Waals surface area contributed by atoms with Gasteiger partial charge in [-0.3, -0.25) is 4.79 Å². The summed E-state index contributed by atoms with van der Waals surface area (Å²) in [4.78, 5) is 10.6. The Labute approximate surface area is 118 Å². The van der Waals surface area contributed by atoms with E-state index >= 15 is 0 Å². The second-order valence-electron chi connectivity index (χ2n) is 5.01. The Kier molecular flexibility index (Phi) is 5.38. The van der Waals surface area contributed by atoms with Gasteiger partial charge in [0.25, 0.3) is 0 Å². The highest BCUT2D eigenvalue weighted by molar-refractivity contribution is 5.66. The lowest BCUT2D eigenvalue weighted by Gasteiger charge is -2.25. The normalized spacial score (nSPS) is 17.6. The Morgan fingerprint density at radius 1 is 1.40 bits per heavy atom. The van der Waals surface area contributed by atoms with Crippen molar-refractivity contribution in [2.75, 3.05) is 13.2 Å². The molecule has 1 heterocycles. The van der Waals surface area contributed by atoms with Crippen LogP contribution >= 0.6 is 0 Å². The Morgan fingerprint density at radius 3 is 2.80 bits per heavy atom. The summed E-state index contributed by atoms with van der Waals surface area (Å²) in [7, 11) is 0. The standard InChI is InChI=1S/C15H21NO4/c16-13(5-6-15(17)18)12-3-1-2-4-14(12)20-11-7-9-19-10-8-11/h1-4,11,13H,5-10,16H2,(H,17,18). The van der Waals surface area contributed by atoms with E-state index < -0.39 is 5.97 Å². The van der Waals surface area contributed by atoms with Crippen molar-refractivity contribution in [3.05, 3.63) is 29.8 Å². The van der Waals surface area contributed by atoms with Crippen LogP contribution in [0.2, 0.25) is 0 Å². The number of para-hydroxylation sites is 1. The number of benzene rings is 1. The van der Waals surface area contributed by atoms with Crippen LogP contribution in [-0.2, 0) is 9.53 Å². The molecule has 0 aromatic heterocycles. The monoisotopic (exact) mass is 279 g/mol. The highest BCUT2D eigenvalue weighted by Crippen LogP contribution is 2.28. The van der Waals surface area contributed by atoms with Crippen LogP contribution in [-0.4, -0.2) is 30.4 Å². The predicted molar refractivity (Wildman–Crippen MR) is 74.7 cm³/mol. The van der Waals surface area contributed by atoms with Crippen molar-refractivity contribution in [2.45, 2.75) is 37.8 Å². The van der Waals surface area contributed by atoms with E-state index in [1.165, 1.54) is 0 Å². The van der Waals surface area contributed by atoms with Gasteiger partial charge in [-0.25, -0.2) is 0 Å². The topological polar surface area (TPSA) is 81.8 Å². The number of rotatable bonds is 6. The number of aliphatic carboxylic acids is 1. The number of ether oxygens (including phenoxy) is 2. The molecule has 5 heteroatoms. The third-order valence-corrected chi connectivity index (χ3v) is 3.45. The van der Waals surface area contributed by atoms with Gasteiger partial charge in [0.1, 0.15) is 11.9 Å². The summed E-state index contributed by atoms with van der Waals surface area (Å²) in [6, 6.07) is 7.28. The molecule has 20 heavy (non-hydrogen) atoms. The second kappa shape index (κ2) is 7.26. The van der Waals surface area contributed by atoms with Gasteiger partial charge in [0.05, 0.1) is 13.2 Å². The van der Waals surface area contributed by atoms with Crippen LogP contribution in [0.5, 0.6) is 5.75 Å². The van der Waals surface area contributed by atoms with E-state index in [0.29, 0.717) is 6.42 Å². The van der Waals surface area contributed by atoms with Crippen LogP contribution in [0, 0.1) is 0 Å². The maximum Gasteiger partial charge on any atom is 0.303 e. The van der Waals surface area contributed by atoms with Crippen LogP contribution < -0.4 is 10.5 Å². The summed E-state index contributed by atoms with van der Waals surface area (Å²) in [5.74, 6) is -0.0689. The Balaban J connectivity index is 2.02. The van der Waals surface area contributed by atoms with Crippen LogP contribution in [0.3, 0.4) is 0 Å². The largest absolute Gasteiger partial charge is 0.490 e. The zero-order valence-electron chi connectivity index (χ0n) is 11.5. The second-order valence-corrected chi connectivity index (χ2v) is 5.01. The number of nitrogens with two attached hydrogens (primary N) is 1. The highest BCUT2D eigenvalue weighted by atomic mass is 16.5. The molecule has 110 valence electrons. The van der Waals surface area contributed by atoms with Crippen LogP contribution in [0.25, 0.3) is 0 Å². The molecule has 1 aliphatic heterocycles. The van der Waals surface area contributed by atoms with Gasteiger partial charge in [-0.05, 0) is 12.5 Å². The molecule has 2 rings (SSSR count). The zero-order chi connectivity index (χ0) is 14.4. The lowest BCUT2D eigenvalue weighted by atomic mass is 10.0. The van der Waals surface area contributed by atoms with Crippen molar-refractivity contribution < 1.29 is 19.4 Å². The molecule has 3 N–H and O–H groups in total. The van der Waals surface area contributed by atoms with Gasteiger partial charge in [-0.15, -0.1) is 0 Å². The molecule has 1 saturated heterocycles. The minimum atomic E-state index is -0.830. The van der Waals surface area contributed by atoms with Gasteiger partial charge < -0.3 is 20.3 Å². The van der Waals surface area contributed by atoms with E-state index in [2.05, 4.69) is 0 Å². The van der Waals surface area contributed by atoms with Crippen LogP contribution in [0.15, 0.2) is 24.3 Å². The molecule has 0 spiro atoms. The summed E-state index contributed by atoms with van der Waals surface area (Å²) in [6.45, 7) is 1.44. The average Bonchev–Trinajstić information content (AvgIpc) is 2.46. The van der Waals surface area contributed by atoms with Crippen molar-refractivity contribution in [3.63, 3.8) is 0 Å². The van der Waals surface area contributed by atoms with Crippen LogP contribution in [0.4, 0.5) is 0 Å². The van der Waals surface area contributed by atoms with E-state index in [9.17, 15) is 4.79 Å². The fourth-order valence-electron chi connectivity index (χ4n) is 2.30. The van der Waals surface area contributed by atoms with Crippen molar-refractivity contribution in [1.82, 2.24) is 0 Å². The summed E-state index contributed by atoms with van der Waals surface area (Å²) >= 11 is 0. The number of carbonyl (C=O) groups is 1. The maximum absolute atomic E-state index is 10.6. The average molecular weight is 279 g/mol. The first kappa shape index (κ1) is 14.8. The van der Waals surface area contributed by atoms with Gasteiger partial charge in [-0.2, -0.15) is 0 Å². The van der Waals surface area contributed by atoms with Gasteiger partial charge in [0, 0.05) is 30.9 Å². The molecule has 1 fully saturated rings. The lowest BCUT2D eigenvalue weighted by Crippen LogP contribution is -2.26. The molecule has 0 radical (unpaired) electrons. The third-order valence-electron chi connectivity index (χ3n) is 3.45. The van der Waals surface area contributed by atoms with E-state index in [1.54, 1.807) is 0 Å². The van der Waals surface area contributed by atoms with Gasteiger partial charge >= 0.3 is 5.97 Å². The van der Waals surface area contributed by atoms with Crippen molar-refractivity contribution in [2.24, 2.45) is 5.73 Å². The predicted octanol–water partition coefficient (Wildman–Crippen LogP) is 2.11. The van der Waals surface area contributed by atoms with E-state index in [-0.39, 0.29) is 18.6 Å². The summed E-state index contributed by atoms with van der Waals surface area (Å²) in [5, 5.41) is 8.74. The molecule has 1 aliphatic rings. The highest BCUT2D eigenvalue weighted by Gasteiger charge is 2.19. The Hall–Kier alpha value is -1.59. The summed E-state index contributed by atoms with van der Waals surface area (Å²) in [6.07, 6.45) is 2.37. The molecule has 1 atom stereocenters. The van der Waals surface area contributed by atoms with Crippen molar-refractivity contribution >= 4 is 5.97 Å². The van der Waals surface area contributed by atoms with Gasteiger partial charge in [-0.1, -0.05) is 18.2 Å². The smallest absolute Gasteiger partial charge is 0.303 e. The van der Waals surface area contributed by atoms with Crippen molar-refractivity contribution in [1.29, 1.82) is 0 Å². The first-order chi connectivity index (χ1) is 9.66. The number of hydrogen-bond donors (Lipinski definition) is 2.